The molecule has 1 aliphatic carbocycles. The summed E-state index contributed by atoms with van der Waals surface area (Å²) in [6, 6.07) is 5.85. The van der Waals surface area contributed by atoms with E-state index in [-0.39, 0.29) is 11.7 Å². The molecule has 0 bridgehead atoms. The fourth-order valence-corrected chi connectivity index (χ4v) is 1.79. The molecule has 98 valence electrons. The van der Waals surface area contributed by atoms with Crippen LogP contribution < -0.4 is 15.8 Å². The van der Waals surface area contributed by atoms with Crippen molar-refractivity contribution in [1.82, 2.24) is 0 Å². The largest absolute Gasteiger partial charge is 0.435 e. The molecule has 0 aliphatic heterocycles. The molecule has 0 radical (unpaired) electrons. The Morgan fingerprint density at radius 1 is 1.44 bits per heavy atom. The van der Waals surface area contributed by atoms with E-state index < -0.39 is 12.2 Å². The summed E-state index contributed by atoms with van der Waals surface area (Å²) >= 11 is 0. The molecule has 6 heteroatoms. The fourth-order valence-electron chi connectivity index (χ4n) is 1.79. The first-order chi connectivity index (χ1) is 8.49. The summed E-state index contributed by atoms with van der Waals surface area (Å²) in [6.45, 7) is -2.89. The molecule has 0 spiro atoms. The van der Waals surface area contributed by atoms with E-state index in [1.165, 1.54) is 18.2 Å². The van der Waals surface area contributed by atoms with Crippen molar-refractivity contribution in [2.45, 2.75) is 31.4 Å². The quantitative estimate of drug-likeness (QED) is 0.867. The highest BCUT2D eigenvalue weighted by atomic mass is 19.3. The van der Waals surface area contributed by atoms with Gasteiger partial charge in [-0.3, -0.25) is 4.79 Å². The average Bonchev–Trinajstić information content (AvgIpc) is 2.25. The highest BCUT2D eigenvalue weighted by molar-refractivity contribution is 5.98. The molecule has 0 heterocycles. The van der Waals surface area contributed by atoms with Gasteiger partial charge in [-0.15, -0.1) is 0 Å². The molecule has 1 fully saturated rings. The maximum Gasteiger partial charge on any atom is 0.387 e. The summed E-state index contributed by atoms with van der Waals surface area (Å²) in [5.41, 5.74) is 5.43. The minimum Gasteiger partial charge on any atom is -0.435 e. The van der Waals surface area contributed by atoms with Crippen LogP contribution in [-0.4, -0.2) is 18.1 Å². The second-order valence-electron chi connectivity index (χ2n) is 4.37. The van der Waals surface area contributed by atoms with E-state index in [1.807, 2.05) is 0 Å². The van der Waals surface area contributed by atoms with Crippen molar-refractivity contribution < 1.29 is 18.3 Å². The van der Waals surface area contributed by atoms with Crippen molar-refractivity contribution in [2.75, 3.05) is 5.32 Å². The average molecular weight is 256 g/mol. The highest BCUT2D eigenvalue weighted by Gasteiger charge is 2.40. The number of nitrogens with one attached hydrogen (secondary N) is 1. The Labute approximate surface area is 103 Å². The number of carbonyl (C=O) groups excluding carboxylic acids is 1. The summed E-state index contributed by atoms with van der Waals surface area (Å²) < 4.78 is 28.3. The van der Waals surface area contributed by atoms with Crippen molar-refractivity contribution in [3.05, 3.63) is 24.3 Å². The van der Waals surface area contributed by atoms with Crippen molar-refractivity contribution in [3.63, 3.8) is 0 Å². The van der Waals surface area contributed by atoms with Gasteiger partial charge in [0.2, 0.25) is 5.91 Å². The van der Waals surface area contributed by atoms with E-state index >= 15 is 0 Å². The van der Waals surface area contributed by atoms with Crippen LogP contribution in [0.4, 0.5) is 14.5 Å². The summed E-state index contributed by atoms with van der Waals surface area (Å²) in [7, 11) is 0. The standard InChI is InChI=1S/C12H14F2N2O2/c13-11(14)18-9-4-1-3-8(7-9)16-10(17)12(15)5-2-6-12/h1,3-4,7,11H,2,5-6,15H2,(H,16,17). The third kappa shape index (κ3) is 2.76. The second kappa shape index (κ2) is 4.89. The first-order valence-electron chi connectivity index (χ1n) is 5.65. The molecule has 0 saturated heterocycles. The molecule has 1 aliphatic rings. The van der Waals surface area contributed by atoms with Crippen LogP contribution in [0.15, 0.2) is 24.3 Å². The number of anilines is 1. The van der Waals surface area contributed by atoms with Gasteiger partial charge >= 0.3 is 6.61 Å². The van der Waals surface area contributed by atoms with Crippen molar-refractivity contribution in [3.8, 4) is 5.75 Å². The second-order valence-corrected chi connectivity index (χ2v) is 4.37. The van der Waals surface area contributed by atoms with Gasteiger partial charge in [-0.2, -0.15) is 8.78 Å². The van der Waals surface area contributed by atoms with E-state index in [2.05, 4.69) is 10.1 Å². The van der Waals surface area contributed by atoms with E-state index in [9.17, 15) is 13.6 Å². The molecule has 4 nitrogen and oxygen atoms in total. The van der Waals surface area contributed by atoms with Crippen LogP contribution in [0.1, 0.15) is 19.3 Å². The zero-order valence-corrected chi connectivity index (χ0v) is 9.66. The van der Waals surface area contributed by atoms with Gasteiger partial charge in [-0.05, 0) is 31.4 Å². The van der Waals surface area contributed by atoms with Gasteiger partial charge in [0.1, 0.15) is 5.75 Å². The molecule has 1 amide bonds. The van der Waals surface area contributed by atoms with Gasteiger partial charge in [0.05, 0.1) is 5.54 Å². The van der Waals surface area contributed by atoms with Crippen LogP contribution in [0.2, 0.25) is 0 Å². The zero-order chi connectivity index (χ0) is 13.2. The van der Waals surface area contributed by atoms with Gasteiger partial charge in [0.15, 0.2) is 0 Å². The molecular formula is C12H14F2N2O2. The maximum absolute atomic E-state index is 12.0. The molecule has 18 heavy (non-hydrogen) atoms. The van der Waals surface area contributed by atoms with Crippen molar-refractivity contribution >= 4 is 11.6 Å². The van der Waals surface area contributed by atoms with Crippen LogP contribution in [0, 0.1) is 0 Å². The predicted molar refractivity (Wildman–Crippen MR) is 62.5 cm³/mol. The Balaban J connectivity index is 2.02. The smallest absolute Gasteiger partial charge is 0.387 e. The third-order valence-electron chi connectivity index (χ3n) is 3.02. The lowest BCUT2D eigenvalue weighted by Crippen LogP contribution is -2.56. The number of nitrogens with two attached hydrogens (primary N) is 1. The zero-order valence-electron chi connectivity index (χ0n) is 9.66. The van der Waals surface area contributed by atoms with Crippen molar-refractivity contribution in [1.29, 1.82) is 0 Å². The van der Waals surface area contributed by atoms with Gasteiger partial charge in [-0.1, -0.05) is 6.07 Å². The number of rotatable bonds is 4. The molecule has 0 aromatic heterocycles. The molecular weight excluding hydrogens is 242 g/mol. The number of benzene rings is 1. The van der Waals surface area contributed by atoms with Gasteiger partial charge in [-0.25, -0.2) is 0 Å². The van der Waals surface area contributed by atoms with Crippen molar-refractivity contribution in [2.24, 2.45) is 5.73 Å². The van der Waals surface area contributed by atoms with E-state index in [0.717, 1.165) is 6.42 Å². The van der Waals surface area contributed by atoms with Gasteiger partial charge in [0.25, 0.3) is 0 Å². The van der Waals surface area contributed by atoms with Crippen LogP contribution in [-0.2, 0) is 4.79 Å². The van der Waals surface area contributed by atoms with Crippen LogP contribution in [0.5, 0.6) is 5.75 Å². The molecule has 1 saturated carbocycles. The van der Waals surface area contributed by atoms with Gasteiger partial charge in [0, 0.05) is 11.8 Å². The summed E-state index contributed by atoms with van der Waals surface area (Å²) in [4.78, 5) is 11.8. The molecule has 0 atom stereocenters. The van der Waals surface area contributed by atoms with Crippen LogP contribution >= 0.6 is 0 Å². The fraction of sp³-hybridized carbons (Fsp3) is 0.417. The lowest BCUT2D eigenvalue weighted by molar-refractivity contribution is -0.123. The maximum atomic E-state index is 12.0. The van der Waals surface area contributed by atoms with Crippen LogP contribution in [0.3, 0.4) is 0 Å². The minimum atomic E-state index is -2.89. The number of hydrogen-bond acceptors (Lipinski definition) is 3. The number of hydrogen-bond donors (Lipinski definition) is 2. The Morgan fingerprint density at radius 2 is 2.17 bits per heavy atom. The first kappa shape index (κ1) is 12.8. The lowest BCUT2D eigenvalue weighted by atomic mass is 9.77. The Kier molecular flexibility index (Phi) is 3.47. The van der Waals surface area contributed by atoms with Gasteiger partial charge < -0.3 is 15.8 Å². The summed E-state index contributed by atoms with van der Waals surface area (Å²) in [5, 5.41) is 2.61. The molecule has 1 aromatic carbocycles. The Bertz CT molecular complexity index is 447. The normalized spacial score (nSPS) is 17.1. The number of ether oxygens (including phenoxy) is 1. The number of carbonyl (C=O) groups is 1. The predicted octanol–water partition coefficient (Wildman–Crippen LogP) is 2.11. The van der Waals surface area contributed by atoms with E-state index in [0.29, 0.717) is 18.5 Å². The molecule has 2 rings (SSSR count). The van der Waals surface area contributed by atoms with E-state index in [1.54, 1.807) is 6.07 Å². The monoisotopic (exact) mass is 256 g/mol. The topological polar surface area (TPSA) is 64.4 Å². The number of amides is 1. The Morgan fingerprint density at radius 3 is 2.72 bits per heavy atom. The molecule has 1 aromatic rings. The number of alkyl halides is 2. The summed E-state index contributed by atoms with van der Waals surface area (Å²) in [6.07, 6.45) is 2.22. The van der Waals surface area contributed by atoms with Crippen LogP contribution in [0.25, 0.3) is 0 Å². The minimum absolute atomic E-state index is 0.00230. The Hall–Kier alpha value is -1.69. The SMILES string of the molecule is NC1(C(=O)Nc2cccc(OC(F)F)c2)CCC1. The summed E-state index contributed by atoms with van der Waals surface area (Å²) in [5.74, 6) is -0.287. The number of halogens is 2. The lowest BCUT2D eigenvalue weighted by Gasteiger charge is -2.36. The molecule has 3 N–H and O–H groups in total. The third-order valence-corrected chi connectivity index (χ3v) is 3.02. The molecule has 0 unspecified atom stereocenters. The van der Waals surface area contributed by atoms with E-state index in [4.69, 9.17) is 5.73 Å². The first-order valence-corrected chi connectivity index (χ1v) is 5.65. The highest BCUT2D eigenvalue weighted by Crippen LogP contribution is 2.30.